The normalized spacial score (nSPS) is 20.3. The fourth-order valence-electron chi connectivity index (χ4n) is 3.90. The number of anilines is 1. The third kappa shape index (κ3) is 5.05. The summed E-state index contributed by atoms with van der Waals surface area (Å²) in [6.45, 7) is 1.45. The van der Waals surface area contributed by atoms with Crippen LogP contribution in [0.2, 0.25) is 0 Å². The van der Waals surface area contributed by atoms with Crippen molar-refractivity contribution in [3.05, 3.63) is 70.3 Å². The molecule has 1 aliphatic rings. The Kier molecular flexibility index (Phi) is 7.41. The van der Waals surface area contributed by atoms with E-state index in [1.54, 1.807) is 0 Å². The second kappa shape index (κ2) is 10.0. The van der Waals surface area contributed by atoms with Crippen molar-refractivity contribution in [2.45, 2.75) is 38.1 Å². The van der Waals surface area contributed by atoms with Crippen LogP contribution in [0.1, 0.15) is 25.3 Å². The predicted octanol–water partition coefficient (Wildman–Crippen LogP) is 4.07. The second-order valence-corrected chi connectivity index (χ2v) is 8.41. The van der Waals surface area contributed by atoms with Gasteiger partial charge in [-0.1, -0.05) is 30.3 Å². The first-order valence-electron chi connectivity index (χ1n) is 10.00. The molecule has 0 aromatic heterocycles. The molecule has 1 heterocycles. The molecule has 1 N–H and O–H groups in total. The highest BCUT2D eigenvalue weighted by Gasteiger charge is 2.49. The minimum absolute atomic E-state index is 0.0480. The number of non-ortho nitro benzene ring substituents is 1. The van der Waals surface area contributed by atoms with Crippen LogP contribution in [-0.4, -0.2) is 49.5 Å². The topological polar surface area (TPSA) is 113 Å². The van der Waals surface area contributed by atoms with Crippen molar-refractivity contribution in [3.8, 4) is 0 Å². The zero-order chi connectivity index (χ0) is 23.3. The molecule has 0 radical (unpaired) electrons. The third-order valence-corrected chi connectivity index (χ3v) is 6.45. The highest BCUT2D eigenvalue weighted by molar-refractivity contribution is 7.80. The van der Waals surface area contributed by atoms with Crippen LogP contribution in [0, 0.1) is 10.1 Å². The summed E-state index contributed by atoms with van der Waals surface area (Å²) in [5.74, 6) is 0. The summed E-state index contributed by atoms with van der Waals surface area (Å²) < 4.78 is 43.8. The molecule has 172 valence electrons. The number of hydrogen-bond acceptors (Lipinski definition) is 5. The molecule has 32 heavy (non-hydrogen) atoms. The van der Waals surface area contributed by atoms with Gasteiger partial charge in [-0.3, -0.25) is 19.0 Å². The van der Waals surface area contributed by atoms with Crippen molar-refractivity contribution in [1.29, 1.82) is 0 Å². The molecule has 11 heteroatoms. The first kappa shape index (κ1) is 23.6. The molecule has 1 fully saturated rings. The number of nitro benzene ring substituents is 1. The van der Waals surface area contributed by atoms with Gasteiger partial charge in [0.2, 0.25) is 0 Å². The van der Waals surface area contributed by atoms with E-state index in [1.165, 1.54) is 36.1 Å². The van der Waals surface area contributed by atoms with E-state index in [2.05, 4.69) is 0 Å². The molecule has 9 nitrogen and oxygen atoms in total. The van der Waals surface area contributed by atoms with Crippen LogP contribution in [-0.2, 0) is 22.6 Å². The summed E-state index contributed by atoms with van der Waals surface area (Å²) >= 11 is -2.65. The van der Waals surface area contributed by atoms with Gasteiger partial charge in [-0.15, -0.1) is 0 Å². The summed E-state index contributed by atoms with van der Waals surface area (Å²) in [5.41, 5.74) is -0.776. The van der Waals surface area contributed by atoms with Gasteiger partial charge in [-0.2, -0.15) is 0 Å². The van der Waals surface area contributed by atoms with Crippen molar-refractivity contribution in [2.24, 2.45) is 0 Å². The highest BCUT2D eigenvalue weighted by Crippen LogP contribution is 2.38. The lowest BCUT2D eigenvalue weighted by Crippen LogP contribution is -2.64. The smallest absolute Gasteiger partial charge is 0.410 e. The molecule has 1 saturated heterocycles. The van der Waals surface area contributed by atoms with Crippen LogP contribution >= 0.6 is 0 Å². The number of ether oxygens (including phenoxy) is 1. The largest absolute Gasteiger partial charge is 0.445 e. The average Bonchev–Trinajstić information content (AvgIpc) is 2.78. The molecular formula is C21H24FN3O6S. The van der Waals surface area contributed by atoms with E-state index in [0.29, 0.717) is 13.0 Å². The number of benzene rings is 2. The van der Waals surface area contributed by atoms with Gasteiger partial charge < -0.3 is 9.64 Å². The lowest BCUT2D eigenvalue weighted by atomic mass is 9.84. The fourth-order valence-corrected chi connectivity index (χ4v) is 4.80. The number of likely N-dealkylation sites (tertiary alicyclic amines) is 1. The zero-order valence-electron chi connectivity index (χ0n) is 17.4. The van der Waals surface area contributed by atoms with Gasteiger partial charge in [0.15, 0.2) is 0 Å². The van der Waals surface area contributed by atoms with Crippen LogP contribution in [0.4, 0.5) is 20.6 Å². The molecule has 2 aromatic rings. The van der Waals surface area contributed by atoms with Gasteiger partial charge in [0.05, 0.1) is 17.2 Å². The highest BCUT2D eigenvalue weighted by atomic mass is 32.2. The maximum absolute atomic E-state index is 15.1. The fraction of sp³-hybridized carbons (Fsp3) is 0.381. The predicted molar refractivity (Wildman–Crippen MR) is 117 cm³/mol. The number of nitrogens with zero attached hydrogens (tertiary/aromatic N) is 3. The van der Waals surface area contributed by atoms with Gasteiger partial charge >= 0.3 is 6.09 Å². The Bertz CT molecular complexity index is 975. The molecule has 1 aliphatic heterocycles. The number of carbonyl (C=O) groups is 1. The Hall–Kier alpha value is -3.05. The average molecular weight is 466 g/mol. The number of alkyl halides is 1. The number of piperidine rings is 1. The van der Waals surface area contributed by atoms with Crippen LogP contribution in [0.5, 0.6) is 0 Å². The van der Waals surface area contributed by atoms with Crippen LogP contribution < -0.4 is 4.31 Å². The van der Waals surface area contributed by atoms with Gasteiger partial charge in [-0.25, -0.2) is 13.4 Å². The molecule has 0 bridgehead atoms. The summed E-state index contributed by atoms with van der Waals surface area (Å²) in [5, 5.41) is 10.9. The molecule has 2 aromatic carbocycles. The van der Waals surface area contributed by atoms with Crippen molar-refractivity contribution >= 4 is 28.7 Å². The van der Waals surface area contributed by atoms with E-state index >= 15 is 4.39 Å². The Morgan fingerprint density at radius 3 is 2.53 bits per heavy atom. The van der Waals surface area contributed by atoms with Crippen molar-refractivity contribution in [2.75, 3.05) is 17.4 Å². The Labute approximate surface area is 187 Å². The summed E-state index contributed by atoms with van der Waals surface area (Å²) in [4.78, 5) is 24.3. The van der Waals surface area contributed by atoms with Crippen molar-refractivity contribution in [1.82, 2.24) is 4.90 Å². The maximum atomic E-state index is 15.1. The molecule has 0 aliphatic carbocycles. The minimum atomic E-state index is -2.65. The number of hydrogen-bond donors (Lipinski definition) is 1. The molecular weight excluding hydrogens is 441 g/mol. The molecule has 3 unspecified atom stereocenters. The second-order valence-electron chi connectivity index (χ2n) is 7.58. The van der Waals surface area contributed by atoms with Gasteiger partial charge in [0, 0.05) is 18.7 Å². The van der Waals surface area contributed by atoms with Crippen LogP contribution in [0.15, 0.2) is 54.6 Å². The summed E-state index contributed by atoms with van der Waals surface area (Å²) in [6.07, 6.45) is -1.66. The van der Waals surface area contributed by atoms with Crippen molar-refractivity contribution < 1.29 is 27.6 Å². The lowest BCUT2D eigenvalue weighted by Gasteiger charge is -2.48. The standard InChI is InChI=1S/C21H24FN3O6S/c1-16(22)21(24(32(29)30)18-8-10-19(11-9-18)25(27)28)12-5-13-23(15-21)20(26)31-14-17-6-3-2-4-7-17/h2-4,6-11,16H,5,12-15H2,1H3,(H,29,30). The van der Waals surface area contributed by atoms with E-state index < -0.39 is 34.0 Å². The van der Waals surface area contributed by atoms with E-state index in [1.807, 2.05) is 30.3 Å². The van der Waals surface area contributed by atoms with E-state index in [-0.39, 0.29) is 30.9 Å². The lowest BCUT2D eigenvalue weighted by molar-refractivity contribution is -0.384. The first-order chi connectivity index (χ1) is 15.2. The molecule has 3 rings (SSSR count). The molecule has 0 spiro atoms. The molecule has 0 saturated carbocycles. The third-order valence-electron chi connectivity index (χ3n) is 5.56. The number of nitro groups is 1. The first-order valence-corrected chi connectivity index (χ1v) is 11.1. The number of carbonyl (C=O) groups excluding carboxylic acids is 1. The van der Waals surface area contributed by atoms with Crippen molar-refractivity contribution in [3.63, 3.8) is 0 Å². The Balaban J connectivity index is 1.85. The van der Waals surface area contributed by atoms with Gasteiger partial charge in [-0.05, 0) is 37.5 Å². The van der Waals surface area contributed by atoms with E-state index in [0.717, 1.165) is 9.87 Å². The SMILES string of the molecule is CC(F)C1(N(c2ccc([N+](=O)[O-])cc2)S(=O)O)CCCN(C(=O)OCc2ccccc2)C1. The summed E-state index contributed by atoms with van der Waals surface area (Å²) in [6, 6.07) is 14.0. The Morgan fingerprint density at radius 1 is 1.31 bits per heavy atom. The Morgan fingerprint density at radius 2 is 1.97 bits per heavy atom. The monoisotopic (exact) mass is 465 g/mol. The van der Waals surface area contributed by atoms with Crippen LogP contribution in [0.25, 0.3) is 0 Å². The molecule has 3 atom stereocenters. The number of amides is 1. The van der Waals surface area contributed by atoms with E-state index in [9.17, 15) is 23.7 Å². The minimum Gasteiger partial charge on any atom is -0.445 e. The zero-order valence-corrected chi connectivity index (χ0v) is 18.2. The molecule has 1 amide bonds. The van der Waals surface area contributed by atoms with Gasteiger partial charge in [0.1, 0.15) is 18.3 Å². The maximum Gasteiger partial charge on any atom is 0.410 e. The van der Waals surface area contributed by atoms with Gasteiger partial charge in [0.25, 0.3) is 17.0 Å². The van der Waals surface area contributed by atoms with Crippen LogP contribution in [0.3, 0.4) is 0 Å². The number of rotatable bonds is 7. The number of halogens is 1. The quantitative estimate of drug-likeness (QED) is 0.375. The van der Waals surface area contributed by atoms with E-state index in [4.69, 9.17) is 4.74 Å². The summed E-state index contributed by atoms with van der Waals surface area (Å²) in [7, 11) is 0.